The van der Waals surface area contributed by atoms with Gasteiger partial charge in [-0.1, -0.05) is 39.3 Å². The number of imide groups is 2. The number of carbonyl (C=O) groups excluding carboxylic acids is 5. The summed E-state index contributed by atoms with van der Waals surface area (Å²) in [6.07, 6.45) is 2.15. The van der Waals surface area contributed by atoms with Crippen LogP contribution in [0, 0.1) is 39.9 Å². The lowest BCUT2D eigenvalue weighted by Crippen LogP contribution is -2.74. The van der Waals surface area contributed by atoms with Gasteiger partial charge in [0.25, 0.3) is 17.7 Å². The Hall–Kier alpha value is -5.45. The molecule has 1 aliphatic carbocycles. The molecule has 13 nitrogen and oxygen atoms in total. The summed E-state index contributed by atoms with van der Waals surface area (Å²) in [7, 11) is 0. The van der Waals surface area contributed by atoms with Crippen LogP contribution in [0.15, 0.2) is 60.7 Å². The average molecular weight is 846 g/mol. The largest absolute Gasteiger partial charge is 0.489 e. The summed E-state index contributed by atoms with van der Waals surface area (Å²) < 4.78 is 6.40. The highest BCUT2D eigenvalue weighted by molar-refractivity contribution is 6.31. The molecule has 5 aliphatic heterocycles. The van der Waals surface area contributed by atoms with Crippen molar-refractivity contribution in [2.75, 3.05) is 55.6 Å². The monoisotopic (exact) mass is 845 g/mol. The number of ether oxygens (including phenoxy) is 1. The van der Waals surface area contributed by atoms with E-state index in [0.29, 0.717) is 50.8 Å². The number of benzene rings is 3. The lowest BCUT2D eigenvalue weighted by atomic mass is 9.49. The second kappa shape index (κ2) is 15.5. The first-order chi connectivity index (χ1) is 29.1. The molecule has 3 aromatic carbocycles. The summed E-state index contributed by atoms with van der Waals surface area (Å²) in [5.74, 6) is 0.348. The van der Waals surface area contributed by atoms with Crippen LogP contribution in [0.2, 0.25) is 5.02 Å². The smallest absolute Gasteiger partial charge is 0.262 e. The molecule has 5 heterocycles. The average Bonchev–Trinajstić information content (AvgIpc) is 3.88. The summed E-state index contributed by atoms with van der Waals surface area (Å²) in [6, 6.07) is 19.5. The lowest BCUT2D eigenvalue weighted by Gasteiger charge is -2.63. The number of amides is 5. The molecule has 0 spiro atoms. The molecule has 3 aromatic rings. The minimum absolute atomic E-state index is 0.0954. The van der Waals surface area contributed by atoms with Gasteiger partial charge in [0.1, 0.15) is 24.0 Å². The van der Waals surface area contributed by atoms with E-state index in [9.17, 15) is 29.2 Å². The number of rotatable bonds is 9. The number of likely N-dealkylation sites (tertiary alicyclic amines) is 1. The normalized spacial score (nSPS) is 27.0. The zero-order valence-electron chi connectivity index (χ0n) is 35.1. The number of anilines is 2. The van der Waals surface area contributed by atoms with Gasteiger partial charge >= 0.3 is 0 Å². The lowest BCUT2D eigenvalue weighted by molar-refractivity contribution is -0.164. The van der Waals surface area contributed by atoms with Crippen molar-refractivity contribution in [1.29, 1.82) is 5.26 Å². The quantitative estimate of drug-likeness (QED) is 0.264. The van der Waals surface area contributed by atoms with E-state index in [1.807, 2.05) is 18.2 Å². The molecule has 318 valence electrons. The Balaban J connectivity index is 0.732. The van der Waals surface area contributed by atoms with Gasteiger partial charge in [-0.25, -0.2) is 0 Å². The van der Waals surface area contributed by atoms with Crippen molar-refractivity contribution in [2.45, 2.75) is 71.6 Å². The maximum Gasteiger partial charge on any atom is 0.262 e. The fourth-order valence-corrected chi connectivity index (χ4v) is 11.7. The number of piperidine rings is 2. The Morgan fingerprint density at radius 3 is 2.13 bits per heavy atom. The number of hydrogen-bond acceptors (Lipinski definition) is 10. The number of fused-ring (bicyclic) bond motifs is 2. The number of nitrogens with zero attached hydrogens (tertiary/aromatic N) is 5. The molecular formula is C47H52ClN7O6. The molecule has 2 N–H and O–H groups in total. The highest BCUT2D eigenvalue weighted by atomic mass is 35.5. The minimum Gasteiger partial charge on any atom is -0.489 e. The summed E-state index contributed by atoms with van der Waals surface area (Å²) in [5, 5.41) is 15.1. The van der Waals surface area contributed by atoms with Gasteiger partial charge in [0.15, 0.2) is 0 Å². The fraction of sp³-hybridized carbons (Fsp3) is 0.489. The van der Waals surface area contributed by atoms with Gasteiger partial charge in [0.05, 0.1) is 21.7 Å². The van der Waals surface area contributed by atoms with Gasteiger partial charge in [-0.3, -0.25) is 34.2 Å². The first-order valence-electron chi connectivity index (χ1n) is 21.5. The molecule has 61 heavy (non-hydrogen) atoms. The maximum atomic E-state index is 13.6. The molecule has 0 bridgehead atoms. The summed E-state index contributed by atoms with van der Waals surface area (Å²) >= 11 is 6.26. The molecule has 1 saturated carbocycles. The minimum atomic E-state index is -0.968. The van der Waals surface area contributed by atoms with Gasteiger partial charge in [0, 0.05) is 92.1 Å². The first-order valence-corrected chi connectivity index (χ1v) is 21.8. The van der Waals surface area contributed by atoms with Crippen LogP contribution in [0.1, 0.15) is 90.0 Å². The van der Waals surface area contributed by atoms with Crippen molar-refractivity contribution in [2.24, 2.45) is 28.6 Å². The summed E-state index contributed by atoms with van der Waals surface area (Å²) in [5.41, 5.74) is 3.01. The van der Waals surface area contributed by atoms with Gasteiger partial charge in [-0.2, -0.15) is 5.26 Å². The van der Waals surface area contributed by atoms with Gasteiger partial charge in [0.2, 0.25) is 11.8 Å². The fourth-order valence-electron chi connectivity index (χ4n) is 11.5. The molecule has 5 fully saturated rings. The van der Waals surface area contributed by atoms with Gasteiger partial charge in [-0.15, -0.1) is 0 Å². The Labute approximate surface area is 361 Å². The third-order valence-electron chi connectivity index (χ3n) is 14.4. The first kappa shape index (κ1) is 40.9. The van der Waals surface area contributed by atoms with E-state index >= 15 is 0 Å². The van der Waals surface area contributed by atoms with Crippen LogP contribution in [-0.2, 0) is 9.59 Å². The van der Waals surface area contributed by atoms with E-state index < -0.39 is 23.8 Å². The van der Waals surface area contributed by atoms with Gasteiger partial charge < -0.3 is 24.8 Å². The van der Waals surface area contributed by atoms with Crippen LogP contribution < -0.4 is 25.2 Å². The van der Waals surface area contributed by atoms with Crippen LogP contribution in [-0.4, -0.2) is 103 Å². The third kappa shape index (κ3) is 7.31. The number of nitrogens with one attached hydrogen (secondary N) is 2. The van der Waals surface area contributed by atoms with Crippen molar-refractivity contribution in [1.82, 2.24) is 20.4 Å². The molecule has 6 aliphatic rings. The maximum absolute atomic E-state index is 13.6. The van der Waals surface area contributed by atoms with Crippen molar-refractivity contribution in [3.63, 3.8) is 0 Å². The van der Waals surface area contributed by atoms with E-state index in [1.54, 1.807) is 30.3 Å². The predicted molar refractivity (Wildman–Crippen MR) is 230 cm³/mol. The molecule has 14 heteroatoms. The summed E-state index contributed by atoms with van der Waals surface area (Å²) in [4.78, 5) is 72.6. The molecule has 9 rings (SSSR count). The SMILES string of the molecule is CC1(C)[C@H](NC(=O)c2ccc(N3CC4CN(CC5CCN(c6ccc7c(c6)C(=O)N(C6CCC(=O)NC6=O)C7=O)CC5)CC4C3)cc2)C(C)(C)[C@H]1Oc1ccc(C#N)c(Cl)c1. The van der Waals surface area contributed by atoms with Crippen LogP contribution in [0.3, 0.4) is 0 Å². The van der Waals surface area contributed by atoms with E-state index in [1.165, 1.54) is 0 Å². The number of carbonyl (C=O) groups is 5. The van der Waals surface area contributed by atoms with Crippen LogP contribution >= 0.6 is 11.6 Å². The van der Waals surface area contributed by atoms with Crippen molar-refractivity contribution < 1.29 is 28.7 Å². The van der Waals surface area contributed by atoms with E-state index in [0.717, 1.165) is 74.9 Å². The molecule has 4 saturated heterocycles. The van der Waals surface area contributed by atoms with Gasteiger partial charge in [-0.05, 0) is 91.6 Å². The van der Waals surface area contributed by atoms with Crippen molar-refractivity contribution in [3.8, 4) is 11.8 Å². The number of nitriles is 1. The Bertz CT molecular complexity index is 2320. The molecule has 3 atom stereocenters. The molecular weight excluding hydrogens is 794 g/mol. The Kier molecular flexibility index (Phi) is 10.4. The Morgan fingerprint density at radius 1 is 0.836 bits per heavy atom. The molecule has 0 aromatic heterocycles. The Morgan fingerprint density at radius 2 is 1.49 bits per heavy atom. The predicted octanol–water partition coefficient (Wildman–Crippen LogP) is 5.51. The zero-order valence-corrected chi connectivity index (χ0v) is 35.8. The van der Waals surface area contributed by atoms with Crippen molar-refractivity contribution in [3.05, 3.63) is 87.9 Å². The molecule has 5 amide bonds. The van der Waals surface area contributed by atoms with E-state index in [4.69, 9.17) is 16.3 Å². The molecule has 3 unspecified atom stereocenters. The second-order valence-corrected chi connectivity index (χ2v) is 19.5. The molecule has 0 radical (unpaired) electrons. The highest BCUT2D eigenvalue weighted by Gasteiger charge is 2.64. The number of hydrogen-bond donors (Lipinski definition) is 2. The topological polar surface area (TPSA) is 155 Å². The summed E-state index contributed by atoms with van der Waals surface area (Å²) in [6.45, 7) is 15.4. The highest BCUT2D eigenvalue weighted by Crippen LogP contribution is 2.55. The standard InChI is InChI=1S/C47H52ClN7O6/c1-46(2)44(47(3,4)45(46)61-34-11-7-29(21-49)37(48)20-34)51-40(57)28-5-8-32(9-6-28)54-25-30-23-52(24-31(30)26-54)22-27-15-17-53(18-16-27)33-10-12-35-36(19-33)43(60)55(42(35)59)38-13-14-39(56)50-41(38)58/h5-12,19-20,27,30-31,38,44-45H,13-18,22-26H2,1-4H3,(H,51,57)(H,50,56,58)/t30?,31?,38?,44-,45-. The number of halogens is 1. The van der Waals surface area contributed by atoms with Crippen LogP contribution in [0.5, 0.6) is 5.75 Å². The van der Waals surface area contributed by atoms with Crippen molar-refractivity contribution >= 4 is 52.5 Å². The van der Waals surface area contributed by atoms with E-state index in [2.05, 4.69) is 71.2 Å². The second-order valence-electron chi connectivity index (χ2n) is 19.1. The van der Waals surface area contributed by atoms with E-state index in [-0.39, 0.29) is 47.6 Å². The zero-order chi connectivity index (χ0) is 43.0. The van der Waals surface area contributed by atoms with Crippen LogP contribution in [0.25, 0.3) is 0 Å². The van der Waals surface area contributed by atoms with Crippen LogP contribution in [0.4, 0.5) is 11.4 Å². The third-order valence-corrected chi connectivity index (χ3v) is 14.7.